The molecule has 0 saturated carbocycles. The maximum absolute atomic E-state index is 14.1. The Morgan fingerprint density at radius 2 is 2.03 bits per heavy atom. The van der Waals surface area contributed by atoms with E-state index >= 15 is 0 Å². The standard InChI is InChI=1S/C24H25FN4O4/c25-16-5-6-19-18(11-16)23(28-22(26-19)17-3-1-2-4-20(17)30)29-9-7-14(12-29)21(27-24(31)32)15-8-10-33-13-15/h1-6,11,14-15,21,27,30H,7-10,12-13H2,(H,31,32). The minimum atomic E-state index is -1.04. The number of halogens is 1. The van der Waals surface area contributed by atoms with Crippen molar-refractivity contribution >= 4 is 22.8 Å². The van der Waals surface area contributed by atoms with Gasteiger partial charge in [0.25, 0.3) is 0 Å². The number of benzene rings is 2. The first-order valence-corrected chi connectivity index (χ1v) is 11.1. The zero-order valence-electron chi connectivity index (χ0n) is 17.9. The quantitative estimate of drug-likeness (QED) is 0.542. The van der Waals surface area contributed by atoms with Crippen molar-refractivity contribution in [1.29, 1.82) is 0 Å². The lowest BCUT2D eigenvalue weighted by molar-refractivity contribution is 0.154. The van der Waals surface area contributed by atoms with Crippen molar-refractivity contribution in [3.05, 3.63) is 48.3 Å². The number of ether oxygens (including phenoxy) is 1. The molecule has 1 aromatic heterocycles. The molecule has 0 aliphatic carbocycles. The van der Waals surface area contributed by atoms with E-state index in [0.29, 0.717) is 54.4 Å². The molecule has 3 N–H and O–H groups in total. The summed E-state index contributed by atoms with van der Waals surface area (Å²) in [5.74, 6) is 0.817. The molecule has 0 bridgehead atoms. The van der Waals surface area contributed by atoms with Gasteiger partial charge >= 0.3 is 6.09 Å². The minimum Gasteiger partial charge on any atom is -0.507 e. The molecule has 8 nitrogen and oxygen atoms in total. The van der Waals surface area contributed by atoms with Gasteiger partial charge in [-0.05, 0) is 49.1 Å². The van der Waals surface area contributed by atoms with Crippen LogP contribution in [0.5, 0.6) is 5.75 Å². The third kappa shape index (κ3) is 4.28. The number of rotatable bonds is 5. The lowest BCUT2D eigenvalue weighted by Gasteiger charge is -2.28. The van der Waals surface area contributed by atoms with Gasteiger partial charge in [0.2, 0.25) is 0 Å². The van der Waals surface area contributed by atoms with E-state index in [1.165, 1.54) is 12.1 Å². The number of amides is 1. The average molecular weight is 452 g/mol. The second kappa shape index (κ2) is 8.82. The average Bonchev–Trinajstić information content (AvgIpc) is 3.50. The Labute approximate surface area is 190 Å². The van der Waals surface area contributed by atoms with Crippen LogP contribution >= 0.6 is 0 Å². The number of phenols is 1. The molecule has 2 saturated heterocycles. The van der Waals surface area contributed by atoms with Crippen LogP contribution in [0.4, 0.5) is 15.0 Å². The number of anilines is 1. The summed E-state index contributed by atoms with van der Waals surface area (Å²) in [5, 5.41) is 23.0. The van der Waals surface area contributed by atoms with Gasteiger partial charge in [-0.2, -0.15) is 0 Å². The smallest absolute Gasteiger partial charge is 0.404 e. The minimum absolute atomic E-state index is 0.0659. The molecule has 3 aromatic rings. The molecule has 2 fully saturated rings. The molecule has 2 aliphatic rings. The zero-order chi connectivity index (χ0) is 22.9. The molecule has 3 unspecified atom stereocenters. The Morgan fingerprint density at radius 1 is 1.18 bits per heavy atom. The van der Waals surface area contributed by atoms with Gasteiger partial charge in [0.1, 0.15) is 17.4 Å². The van der Waals surface area contributed by atoms with E-state index in [0.717, 1.165) is 12.8 Å². The lowest BCUT2D eigenvalue weighted by Crippen LogP contribution is -2.46. The van der Waals surface area contributed by atoms with E-state index < -0.39 is 6.09 Å². The molecular formula is C24H25FN4O4. The SMILES string of the molecule is O=C(O)NC(C1CCOC1)C1CCN(c2nc(-c3ccccc3O)nc3ccc(F)cc23)C1. The highest BCUT2D eigenvalue weighted by molar-refractivity contribution is 5.91. The van der Waals surface area contributed by atoms with Gasteiger partial charge in [-0.1, -0.05) is 12.1 Å². The Balaban J connectivity index is 1.52. The van der Waals surface area contributed by atoms with E-state index in [1.54, 1.807) is 30.3 Å². The molecule has 0 spiro atoms. The van der Waals surface area contributed by atoms with Crippen molar-refractivity contribution in [1.82, 2.24) is 15.3 Å². The maximum Gasteiger partial charge on any atom is 0.404 e. The molecular weight excluding hydrogens is 427 g/mol. The monoisotopic (exact) mass is 452 g/mol. The van der Waals surface area contributed by atoms with Gasteiger partial charge in [-0.25, -0.2) is 19.2 Å². The summed E-state index contributed by atoms with van der Waals surface area (Å²) in [7, 11) is 0. The molecule has 33 heavy (non-hydrogen) atoms. The summed E-state index contributed by atoms with van der Waals surface area (Å²) in [6.45, 7) is 2.41. The highest BCUT2D eigenvalue weighted by atomic mass is 19.1. The second-order valence-electron chi connectivity index (χ2n) is 8.64. The van der Waals surface area contributed by atoms with Gasteiger partial charge < -0.3 is 25.2 Å². The van der Waals surface area contributed by atoms with Crippen LogP contribution in [-0.2, 0) is 4.74 Å². The fourth-order valence-corrected chi connectivity index (χ4v) is 4.98. The van der Waals surface area contributed by atoms with Crippen LogP contribution in [0, 0.1) is 17.7 Å². The molecule has 1 amide bonds. The van der Waals surface area contributed by atoms with E-state index in [4.69, 9.17) is 9.72 Å². The van der Waals surface area contributed by atoms with Crippen molar-refractivity contribution in [3.63, 3.8) is 0 Å². The number of nitrogens with one attached hydrogen (secondary N) is 1. The summed E-state index contributed by atoms with van der Waals surface area (Å²) >= 11 is 0. The maximum atomic E-state index is 14.1. The molecule has 2 aliphatic heterocycles. The number of aromatic hydroxyl groups is 1. The Hall–Kier alpha value is -3.46. The largest absolute Gasteiger partial charge is 0.507 e. The molecule has 9 heteroatoms. The van der Waals surface area contributed by atoms with Crippen LogP contribution in [0.25, 0.3) is 22.3 Å². The Bertz CT molecular complexity index is 1180. The molecule has 0 radical (unpaired) electrons. The first-order chi connectivity index (χ1) is 16.0. The summed E-state index contributed by atoms with van der Waals surface area (Å²) in [4.78, 5) is 22.8. The van der Waals surface area contributed by atoms with Crippen LogP contribution < -0.4 is 10.2 Å². The lowest BCUT2D eigenvalue weighted by atomic mass is 9.87. The predicted octanol–water partition coefficient (Wildman–Crippen LogP) is 3.64. The third-order valence-electron chi connectivity index (χ3n) is 6.58. The third-order valence-corrected chi connectivity index (χ3v) is 6.58. The van der Waals surface area contributed by atoms with Crippen molar-refractivity contribution in [2.45, 2.75) is 18.9 Å². The molecule has 172 valence electrons. The fourth-order valence-electron chi connectivity index (χ4n) is 4.98. The second-order valence-corrected chi connectivity index (χ2v) is 8.64. The van der Waals surface area contributed by atoms with E-state index in [2.05, 4.69) is 15.2 Å². The van der Waals surface area contributed by atoms with Crippen molar-refractivity contribution < 1.29 is 24.1 Å². The van der Waals surface area contributed by atoms with E-state index in [1.807, 2.05) is 0 Å². The van der Waals surface area contributed by atoms with Crippen molar-refractivity contribution in [2.24, 2.45) is 11.8 Å². The number of aromatic nitrogens is 2. The van der Waals surface area contributed by atoms with Gasteiger partial charge in [0.15, 0.2) is 5.82 Å². The van der Waals surface area contributed by atoms with Gasteiger partial charge in [0, 0.05) is 37.0 Å². The topological polar surface area (TPSA) is 108 Å². The fraction of sp³-hybridized carbons (Fsp3) is 0.375. The number of para-hydroxylation sites is 1. The van der Waals surface area contributed by atoms with Crippen LogP contribution in [0.1, 0.15) is 12.8 Å². The highest BCUT2D eigenvalue weighted by Crippen LogP contribution is 2.36. The first kappa shape index (κ1) is 21.4. The number of carboxylic acid groups (broad SMARTS) is 1. The first-order valence-electron chi connectivity index (χ1n) is 11.1. The Morgan fingerprint density at radius 3 is 2.79 bits per heavy atom. The summed E-state index contributed by atoms with van der Waals surface area (Å²) < 4.78 is 19.6. The van der Waals surface area contributed by atoms with E-state index in [-0.39, 0.29) is 29.4 Å². The zero-order valence-corrected chi connectivity index (χ0v) is 17.9. The van der Waals surface area contributed by atoms with E-state index in [9.17, 15) is 19.4 Å². The number of fused-ring (bicyclic) bond motifs is 1. The summed E-state index contributed by atoms with van der Waals surface area (Å²) in [6, 6.07) is 11.0. The number of hydrogen-bond acceptors (Lipinski definition) is 6. The van der Waals surface area contributed by atoms with Crippen LogP contribution in [0.15, 0.2) is 42.5 Å². The number of carbonyl (C=O) groups is 1. The van der Waals surface area contributed by atoms with Crippen LogP contribution in [-0.4, -0.2) is 58.6 Å². The number of phenolic OH excluding ortho intramolecular Hbond substituents is 1. The normalized spacial score (nSPS) is 21.4. The molecule has 3 atom stereocenters. The summed E-state index contributed by atoms with van der Waals surface area (Å²) in [5.41, 5.74) is 1.07. The van der Waals surface area contributed by atoms with Crippen LogP contribution in [0.3, 0.4) is 0 Å². The van der Waals surface area contributed by atoms with Crippen LogP contribution in [0.2, 0.25) is 0 Å². The number of hydrogen-bond donors (Lipinski definition) is 3. The molecule has 5 rings (SSSR count). The van der Waals surface area contributed by atoms with Gasteiger partial charge in [-0.15, -0.1) is 0 Å². The van der Waals surface area contributed by atoms with Crippen molar-refractivity contribution in [2.75, 3.05) is 31.2 Å². The van der Waals surface area contributed by atoms with Gasteiger partial charge in [0.05, 0.1) is 17.7 Å². The number of nitrogens with zero attached hydrogens (tertiary/aromatic N) is 3. The van der Waals surface area contributed by atoms with Gasteiger partial charge in [-0.3, -0.25) is 0 Å². The summed E-state index contributed by atoms with van der Waals surface area (Å²) in [6.07, 6.45) is 0.552. The Kier molecular flexibility index (Phi) is 5.72. The highest BCUT2D eigenvalue weighted by Gasteiger charge is 2.38. The molecule has 3 heterocycles. The predicted molar refractivity (Wildman–Crippen MR) is 121 cm³/mol. The van der Waals surface area contributed by atoms with Crippen molar-refractivity contribution in [3.8, 4) is 17.1 Å². The molecule has 2 aromatic carbocycles.